The highest BCUT2D eigenvalue weighted by molar-refractivity contribution is 7.11. The zero-order valence-electron chi connectivity index (χ0n) is 10.7. The van der Waals surface area contributed by atoms with Crippen LogP contribution in [-0.4, -0.2) is 42.0 Å². The summed E-state index contributed by atoms with van der Waals surface area (Å²) in [5, 5.41) is 7.35. The molecular formula is C11H14N6O2S. The van der Waals surface area contributed by atoms with Gasteiger partial charge in [0.05, 0.1) is 12.3 Å². The molecule has 0 fully saturated rings. The van der Waals surface area contributed by atoms with Crippen molar-refractivity contribution in [3.05, 3.63) is 22.4 Å². The van der Waals surface area contributed by atoms with E-state index in [-0.39, 0.29) is 0 Å². The number of hydrazone groups is 1. The van der Waals surface area contributed by atoms with Gasteiger partial charge in [0.2, 0.25) is 0 Å². The van der Waals surface area contributed by atoms with Gasteiger partial charge in [-0.15, -0.1) is 11.3 Å². The van der Waals surface area contributed by atoms with Gasteiger partial charge in [-0.25, -0.2) is 4.79 Å². The highest BCUT2D eigenvalue weighted by Gasteiger charge is 2.21. The molecule has 2 rings (SSSR count). The summed E-state index contributed by atoms with van der Waals surface area (Å²) < 4.78 is 0. The van der Waals surface area contributed by atoms with Gasteiger partial charge < -0.3 is 0 Å². The molecule has 2 heterocycles. The lowest BCUT2D eigenvalue weighted by atomic mass is 10.3. The Morgan fingerprint density at radius 1 is 1.70 bits per heavy atom. The van der Waals surface area contributed by atoms with Crippen LogP contribution in [0.2, 0.25) is 0 Å². The highest BCUT2D eigenvalue weighted by Crippen LogP contribution is 2.04. The van der Waals surface area contributed by atoms with Gasteiger partial charge in [0.1, 0.15) is 0 Å². The van der Waals surface area contributed by atoms with Crippen molar-refractivity contribution in [2.75, 3.05) is 6.54 Å². The lowest BCUT2D eigenvalue weighted by Gasteiger charge is -2.30. The molecule has 0 saturated carbocycles. The van der Waals surface area contributed by atoms with E-state index in [0.717, 1.165) is 10.6 Å². The number of carbonyl (C=O) groups is 2. The molecule has 3 N–H and O–H groups in total. The summed E-state index contributed by atoms with van der Waals surface area (Å²) in [5.74, 6) is 0. The predicted octanol–water partition coefficient (Wildman–Crippen LogP) is 0.102. The number of carbonyl (C=O) groups excluding carboxylic acids is 2. The van der Waals surface area contributed by atoms with Crippen LogP contribution in [0.1, 0.15) is 11.8 Å². The molecule has 1 aliphatic heterocycles. The standard InChI is InChI=1S/C11H14N6O2S/c1-8-6-17(10(7-18)14-13-8)16-15-11(19)12-5-9-3-2-4-20-9/h2-5,7,10,14,16H,6H2,1H3,(H,15,19)/b12-5+. The lowest BCUT2D eigenvalue weighted by Crippen LogP contribution is -2.61. The zero-order chi connectivity index (χ0) is 14.4. The fraction of sp³-hybridized carbons (Fsp3) is 0.273. The van der Waals surface area contributed by atoms with Gasteiger partial charge in [-0.1, -0.05) is 6.07 Å². The summed E-state index contributed by atoms with van der Waals surface area (Å²) in [5.41, 5.74) is 8.45. The number of aldehydes is 1. The summed E-state index contributed by atoms with van der Waals surface area (Å²) in [4.78, 5) is 27.0. The molecule has 0 bridgehead atoms. The predicted molar refractivity (Wildman–Crippen MR) is 76.4 cm³/mol. The topological polar surface area (TPSA) is 98.2 Å². The van der Waals surface area contributed by atoms with Crippen molar-refractivity contribution in [2.24, 2.45) is 10.1 Å². The van der Waals surface area contributed by atoms with Crippen LogP contribution < -0.4 is 16.4 Å². The number of rotatable bonds is 4. The summed E-state index contributed by atoms with van der Waals surface area (Å²) in [6.07, 6.45) is 1.52. The number of aliphatic imine (C=N–C) groups is 1. The number of hydrogen-bond donors (Lipinski definition) is 3. The van der Waals surface area contributed by atoms with Crippen LogP contribution >= 0.6 is 11.3 Å². The summed E-state index contributed by atoms with van der Waals surface area (Å²) in [6.45, 7) is 2.21. The zero-order valence-corrected chi connectivity index (χ0v) is 11.6. The minimum Gasteiger partial charge on any atom is -0.299 e. The Bertz CT molecular complexity index is 527. The third-order valence-corrected chi connectivity index (χ3v) is 3.22. The first-order valence-electron chi connectivity index (χ1n) is 5.83. The largest absolute Gasteiger partial charge is 0.356 e. The van der Waals surface area contributed by atoms with Crippen molar-refractivity contribution >= 4 is 35.6 Å². The summed E-state index contributed by atoms with van der Waals surface area (Å²) in [7, 11) is 0. The van der Waals surface area contributed by atoms with E-state index in [4.69, 9.17) is 0 Å². The van der Waals surface area contributed by atoms with Crippen molar-refractivity contribution in [3.63, 3.8) is 0 Å². The molecule has 2 amide bonds. The maximum absolute atomic E-state index is 11.5. The van der Waals surface area contributed by atoms with Crippen LogP contribution in [-0.2, 0) is 4.79 Å². The minimum absolute atomic E-state index is 0.408. The van der Waals surface area contributed by atoms with Crippen LogP contribution in [0.3, 0.4) is 0 Å². The van der Waals surface area contributed by atoms with Crippen LogP contribution in [0, 0.1) is 0 Å². The molecule has 1 unspecified atom stereocenters. The Kier molecular flexibility index (Phi) is 4.93. The van der Waals surface area contributed by atoms with E-state index < -0.39 is 12.2 Å². The smallest absolute Gasteiger partial charge is 0.299 e. The fourth-order valence-electron chi connectivity index (χ4n) is 1.48. The van der Waals surface area contributed by atoms with Crippen molar-refractivity contribution < 1.29 is 9.59 Å². The molecule has 1 atom stereocenters. The average molecular weight is 294 g/mol. The van der Waals surface area contributed by atoms with E-state index in [1.165, 1.54) is 22.6 Å². The van der Waals surface area contributed by atoms with Crippen LogP contribution in [0.25, 0.3) is 0 Å². The maximum Gasteiger partial charge on any atom is 0.356 e. The first kappa shape index (κ1) is 14.3. The van der Waals surface area contributed by atoms with Crippen LogP contribution in [0.15, 0.2) is 27.6 Å². The van der Waals surface area contributed by atoms with Crippen molar-refractivity contribution in [1.82, 2.24) is 21.4 Å². The third kappa shape index (κ3) is 3.95. The number of hydrazine groups is 2. The normalized spacial score (nSPS) is 19.4. The van der Waals surface area contributed by atoms with Crippen molar-refractivity contribution in [3.8, 4) is 0 Å². The fourth-order valence-corrected chi connectivity index (χ4v) is 2.06. The van der Waals surface area contributed by atoms with Gasteiger partial charge in [0.15, 0.2) is 12.5 Å². The van der Waals surface area contributed by atoms with Gasteiger partial charge in [-0.05, 0) is 18.4 Å². The Morgan fingerprint density at radius 3 is 3.25 bits per heavy atom. The lowest BCUT2D eigenvalue weighted by molar-refractivity contribution is -0.115. The number of nitrogens with zero attached hydrogens (tertiary/aromatic N) is 3. The average Bonchev–Trinajstić information content (AvgIpc) is 2.96. The van der Waals surface area contributed by atoms with E-state index >= 15 is 0 Å². The van der Waals surface area contributed by atoms with Crippen molar-refractivity contribution in [2.45, 2.75) is 13.1 Å². The molecule has 0 aromatic carbocycles. The minimum atomic E-state index is -0.639. The molecule has 9 heteroatoms. The Balaban J connectivity index is 1.83. The maximum atomic E-state index is 11.5. The van der Waals surface area contributed by atoms with E-state index in [2.05, 4.69) is 26.5 Å². The molecule has 0 saturated heterocycles. The van der Waals surface area contributed by atoms with E-state index in [9.17, 15) is 9.59 Å². The second-order valence-electron chi connectivity index (χ2n) is 4.00. The first-order valence-corrected chi connectivity index (χ1v) is 6.71. The van der Waals surface area contributed by atoms with Crippen molar-refractivity contribution in [1.29, 1.82) is 0 Å². The number of amides is 2. The molecule has 1 aliphatic rings. The Labute approximate surface area is 119 Å². The van der Waals surface area contributed by atoms with Gasteiger partial charge in [-0.3, -0.25) is 15.6 Å². The highest BCUT2D eigenvalue weighted by atomic mass is 32.1. The first-order chi connectivity index (χ1) is 9.69. The van der Waals surface area contributed by atoms with Gasteiger partial charge in [-0.2, -0.15) is 20.6 Å². The number of nitrogens with one attached hydrogen (secondary N) is 3. The molecule has 106 valence electrons. The Hall–Kier alpha value is -2.10. The number of urea groups is 1. The monoisotopic (exact) mass is 294 g/mol. The summed E-state index contributed by atoms with van der Waals surface area (Å²) in [6, 6.07) is 3.17. The molecule has 0 spiro atoms. The molecule has 8 nitrogen and oxygen atoms in total. The number of thiophene rings is 1. The molecule has 0 aliphatic carbocycles. The van der Waals surface area contributed by atoms with E-state index in [0.29, 0.717) is 12.8 Å². The van der Waals surface area contributed by atoms with E-state index in [1.807, 2.05) is 17.5 Å². The second kappa shape index (κ2) is 6.89. The molecular weight excluding hydrogens is 280 g/mol. The van der Waals surface area contributed by atoms with Crippen LogP contribution in [0.5, 0.6) is 0 Å². The summed E-state index contributed by atoms with van der Waals surface area (Å²) >= 11 is 1.48. The molecule has 1 aromatic heterocycles. The quantitative estimate of drug-likeness (QED) is 0.416. The second-order valence-corrected chi connectivity index (χ2v) is 4.98. The molecule has 20 heavy (non-hydrogen) atoms. The van der Waals surface area contributed by atoms with Gasteiger partial charge in [0, 0.05) is 11.1 Å². The van der Waals surface area contributed by atoms with Crippen LogP contribution in [0.4, 0.5) is 4.79 Å². The molecule has 0 radical (unpaired) electrons. The Morgan fingerprint density at radius 2 is 2.55 bits per heavy atom. The van der Waals surface area contributed by atoms with Gasteiger partial charge >= 0.3 is 6.03 Å². The third-order valence-electron chi connectivity index (χ3n) is 2.41. The van der Waals surface area contributed by atoms with E-state index in [1.54, 1.807) is 6.92 Å². The SMILES string of the molecule is CC1=NNC(C=O)N(NNC(=O)/N=C/c2cccs2)C1. The van der Waals surface area contributed by atoms with Gasteiger partial charge in [0.25, 0.3) is 0 Å². The molecule has 1 aromatic rings. The number of hydrogen-bond acceptors (Lipinski definition) is 7.